The highest BCUT2D eigenvalue weighted by atomic mass is 32.2. The van der Waals surface area contributed by atoms with Gasteiger partial charge in [0.05, 0.1) is 18.5 Å². The number of ether oxygens (including phenoxy) is 1. The van der Waals surface area contributed by atoms with E-state index < -0.39 is 27.7 Å². The van der Waals surface area contributed by atoms with Crippen LogP contribution >= 0.6 is 0 Å². The fraction of sp³-hybridized carbons (Fsp3) is 0.130. The smallest absolute Gasteiger partial charge is 0.262 e. The lowest BCUT2D eigenvalue weighted by molar-refractivity contribution is -0.118. The molecule has 8 nitrogen and oxygen atoms in total. The third-order valence-corrected chi connectivity index (χ3v) is 5.73. The normalized spacial score (nSPS) is 11.0. The number of anilines is 2. The summed E-state index contributed by atoms with van der Waals surface area (Å²) in [5.41, 5.74) is 7.01. The minimum Gasteiger partial charge on any atom is -0.484 e. The van der Waals surface area contributed by atoms with Gasteiger partial charge in [0.25, 0.3) is 5.91 Å². The number of hydrogen-bond donors (Lipinski definition) is 2. The van der Waals surface area contributed by atoms with E-state index in [4.69, 9.17) is 10.5 Å². The number of nitrogens with zero attached hydrogens (tertiary/aromatic N) is 1. The molecule has 0 unspecified atom stereocenters. The predicted molar refractivity (Wildman–Crippen MR) is 123 cm³/mol. The summed E-state index contributed by atoms with van der Waals surface area (Å²) in [6.07, 6.45) is 1.08. The number of benzene rings is 3. The van der Waals surface area contributed by atoms with Crippen LogP contribution in [0.15, 0.2) is 72.8 Å². The maximum absolute atomic E-state index is 13.1. The molecule has 3 aromatic carbocycles. The van der Waals surface area contributed by atoms with E-state index in [2.05, 4.69) is 5.32 Å². The molecule has 0 aliphatic carbocycles. The van der Waals surface area contributed by atoms with Crippen LogP contribution < -0.4 is 20.1 Å². The van der Waals surface area contributed by atoms with Crippen molar-refractivity contribution in [1.82, 2.24) is 0 Å². The fourth-order valence-electron chi connectivity index (χ4n) is 2.93. The van der Waals surface area contributed by atoms with E-state index >= 15 is 0 Å². The molecule has 0 aliphatic rings. The Kier molecular flexibility index (Phi) is 7.29. The van der Waals surface area contributed by atoms with Gasteiger partial charge >= 0.3 is 0 Å². The molecule has 2 amide bonds. The molecule has 10 heteroatoms. The van der Waals surface area contributed by atoms with Gasteiger partial charge in [-0.3, -0.25) is 13.9 Å². The average Bonchev–Trinajstić information content (AvgIpc) is 2.77. The molecule has 0 radical (unpaired) electrons. The van der Waals surface area contributed by atoms with Crippen LogP contribution in [0.5, 0.6) is 5.75 Å². The molecule has 0 saturated carbocycles. The molecule has 3 rings (SSSR count). The van der Waals surface area contributed by atoms with Gasteiger partial charge < -0.3 is 15.8 Å². The maximum atomic E-state index is 13.1. The monoisotopic (exact) mass is 471 g/mol. The lowest BCUT2D eigenvalue weighted by Crippen LogP contribution is -2.29. The van der Waals surface area contributed by atoms with E-state index in [1.807, 2.05) is 0 Å². The second-order valence-electron chi connectivity index (χ2n) is 7.17. The van der Waals surface area contributed by atoms with Crippen LogP contribution in [-0.2, 0) is 21.4 Å². The second kappa shape index (κ2) is 10.1. The van der Waals surface area contributed by atoms with Crippen molar-refractivity contribution >= 4 is 33.2 Å². The van der Waals surface area contributed by atoms with Crippen LogP contribution in [0.1, 0.15) is 15.9 Å². The van der Waals surface area contributed by atoms with Gasteiger partial charge in [-0.15, -0.1) is 0 Å². The molecule has 0 atom stereocenters. The number of carbonyl (C=O) groups excluding carboxylic acids is 2. The molecule has 0 fully saturated rings. The zero-order valence-corrected chi connectivity index (χ0v) is 18.5. The van der Waals surface area contributed by atoms with Crippen molar-refractivity contribution in [2.75, 3.05) is 22.5 Å². The Bertz CT molecular complexity index is 1230. The summed E-state index contributed by atoms with van der Waals surface area (Å²) in [6, 6.07) is 17.9. The van der Waals surface area contributed by atoms with Crippen LogP contribution in [0, 0.1) is 5.82 Å². The number of carbonyl (C=O) groups is 2. The van der Waals surface area contributed by atoms with Crippen molar-refractivity contribution in [3.63, 3.8) is 0 Å². The summed E-state index contributed by atoms with van der Waals surface area (Å²) in [7, 11) is -3.60. The standard InChI is InChI=1S/C23H22FN3O5S/c1-33(30,31)27(14-16-2-6-18(24)7-3-16)20-10-12-21(13-11-20)32-15-22(28)26-19-8-4-17(5-9-19)23(25)29/h2-13H,14-15H2,1H3,(H2,25,29)(H,26,28). The second-order valence-corrected chi connectivity index (χ2v) is 9.08. The van der Waals surface area contributed by atoms with Gasteiger partial charge in [-0.25, -0.2) is 12.8 Å². The molecule has 0 spiro atoms. The average molecular weight is 472 g/mol. The van der Waals surface area contributed by atoms with Gasteiger partial charge in [0, 0.05) is 11.3 Å². The molecule has 0 heterocycles. The van der Waals surface area contributed by atoms with Crippen LogP contribution in [0.25, 0.3) is 0 Å². The van der Waals surface area contributed by atoms with Crippen molar-refractivity contribution in [3.05, 3.63) is 89.7 Å². The molecule has 3 N–H and O–H groups in total. The Labute approximate surface area is 190 Å². The molecule has 0 aliphatic heterocycles. The summed E-state index contributed by atoms with van der Waals surface area (Å²) in [4.78, 5) is 23.2. The fourth-order valence-corrected chi connectivity index (χ4v) is 3.82. The van der Waals surface area contributed by atoms with E-state index in [-0.39, 0.29) is 13.2 Å². The number of nitrogens with two attached hydrogens (primary N) is 1. The maximum Gasteiger partial charge on any atom is 0.262 e. The Morgan fingerprint density at radius 1 is 0.970 bits per heavy atom. The first kappa shape index (κ1) is 23.7. The number of amides is 2. The topological polar surface area (TPSA) is 119 Å². The zero-order valence-electron chi connectivity index (χ0n) is 17.7. The van der Waals surface area contributed by atoms with Gasteiger partial charge in [-0.05, 0) is 66.2 Å². The van der Waals surface area contributed by atoms with E-state index in [1.54, 1.807) is 36.4 Å². The Morgan fingerprint density at radius 3 is 2.12 bits per heavy atom. The summed E-state index contributed by atoms with van der Waals surface area (Å²) in [5.74, 6) is -1.02. The summed E-state index contributed by atoms with van der Waals surface area (Å²) in [5, 5.41) is 2.63. The third kappa shape index (κ3) is 6.78. The molecular formula is C23H22FN3O5S. The first-order chi connectivity index (χ1) is 15.6. The highest BCUT2D eigenvalue weighted by molar-refractivity contribution is 7.92. The highest BCUT2D eigenvalue weighted by Gasteiger charge is 2.18. The Hall–Kier alpha value is -3.92. The number of hydrogen-bond acceptors (Lipinski definition) is 5. The first-order valence-electron chi connectivity index (χ1n) is 9.76. The summed E-state index contributed by atoms with van der Waals surface area (Å²) >= 11 is 0. The largest absolute Gasteiger partial charge is 0.484 e. The van der Waals surface area contributed by atoms with Crippen LogP contribution in [0.4, 0.5) is 15.8 Å². The third-order valence-electron chi connectivity index (χ3n) is 4.59. The first-order valence-corrected chi connectivity index (χ1v) is 11.6. The number of primary amides is 1. The van der Waals surface area contributed by atoms with E-state index in [0.29, 0.717) is 28.3 Å². The number of nitrogens with one attached hydrogen (secondary N) is 1. The minimum absolute atomic E-state index is 0.0380. The SMILES string of the molecule is CS(=O)(=O)N(Cc1ccc(F)cc1)c1ccc(OCC(=O)Nc2ccc(C(N)=O)cc2)cc1. The lowest BCUT2D eigenvalue weighted by atomic mass is 10.2. The van der Waals surface area contributed by atoms with Gasteiger partial charge in [-0.2, -0.15) is 0 Å². The van der Waals surface area contributed by atoms with E-state index in [0.717, 1.165) is 6.26 Å². The van der Waals surface area contributed by atoms with Crippen LogP contribution in [0.3, 0.4) is 0 Å². The molecule has 0 bridgehead atoms. The van der Waals surface area contributed by atoms with Crippen LogP contribution in [-0.4, -0.2) is 33.1 Å². The number of halogens is 1. The summed E-state index contributed by atoms with van der Waals surface area (Å²) < 4.78 is 44.3. The van der Waals surface area contributed by atoms with Crippen molar-refractivity contribution in [3.8, 4) is 5.75 Å². The number of rotatable bonds is 9. The predicted octanol–water partition coefficient (Wildman–Crippen LogP) is 2.91. The number of sulfonamides is 1. The molecule has 3 aromatic rings. The Balaban J connectivity index is 1.61. The lowest BCUT2D eigenvalue weighted by Gasteiger charge is -2.22. The molecule has 172 valence electrons. The van der Waals surface area contributed by atoms with Gasteiger partial charge in [0.1, 0.15) is 11.6 Å². The van der Waals surface area contributed by atoms with Crippen LogP contribution in [0.2, 0.25) is 0 Å². The van der Waals surface area contributed by atoms with Gasteiger partial charge in [0.2, 0.25) is 15.9 Å². The van der Waals surface area contributed by atoms with Crippen molar-refractivity contribution in [1.29, 1.82) is 0 Å². The molecule has 0 aromatic heterocycles. The summed E-state index contributed by atoms with van der Waals surface area (Å²) in [6.45, 7) is -0.238. The zero-order chi connectivity index (χ0) is 24.0. The van der Waals surface area contributed by atoms with E-state index in [1.165, 1.54) is 40.7 Å². The Morgan fingerprint density at radius 2 is 1.58 bits per heavy atom. The van der Waals surface area contributed by atoms with Crippen molar-refractivity contribution < 1.29 is 27.1 Å². The molecular weight excluding hydrogens is 449 g/mol. The van der Waals surface area contributed by atoms with Crippen molar-refractivity contribution in [2.24, 2.45) is 5.73 Å². The van der Waals surface area contributed by atoms with E-state index in [9.17, 15) is 22.4 Å². The van der Waals surface area contributed by atoms with Gasteiger partial charge in [-0.1, -0.05) is 12.1 Å². The van der Waals surface area contributed by atoms with Crippen molar-refractivity contribution in [2.45, 2.75) is 6.54 Å². The van der Waals surface area contributed by atoms with Gasteiger partial charge in [0.15, 0.2) is 6.61 Å². The molecule has 33 heavy (non-hydrogen) atoms. The minimum atomic E-state index is -3.60. The highest BCUT2D eigenvalue weighted by Crippen LogP contribution is 2.24. The quantitative estimate of drug-likeness (QED) is 0.497. The molecule has 0 saturated heterocycles.